The summed E-state index contributed by atoms with van der Waals surface area (Å²) in [6.07, 6.45) is -4.23. The highest BCUT2D eigenvalue weighted by Crippen LogP contribution is 2.67. The molecule has 2 amide bonds. The Kier molecular flexibility index (Phi) is 4.43. The Labute approximate surface area is 182 Å². The van der Waals surface area contributed by atoms with Gasteiger partial charge >= 0.3 is 6.18 Å². The Morgan fingerprint density at radius 3 is 2.81 bits per heavy atom. The lowest BCUT2D eigenvalue weighted by Gasteiger charge is -2.45. The van der Waals surface area contributed by atoms with Crippen LogP contribution in [-0.4, -0.2) is 42.9 Å². The molecule has 4 aliphatic rings. The van der Waals surface area contributed by atoms with Crippen molar-refractivity contribution >= 4 is 17.5 Å². The number of fused-ring (bicyclic) bond motifs is 2. The number of ether oxygens (including phenoxy) is 2. The number of benzene rings is 1. The number of amides is 2. The molecule has 32 heavy (non-hydrogen) atoms. The predicted octanol–water partition coefficient (Wildman–Crippen LogP) is 2.59. The Morgan fingerprint density at radius 2 is 2.16 bits per heavy atom. The molecule has 1 aromatic rings. The molecule has 6 atom stereocenters. The number of hydrogen-bond acceptors (Lipinski definition) is 5. The van der Waals surface area contributed by atoms with Gasteiger partial charge in [0.15, 0.2) is 0 Å². The summed E-state index contributed by atoms with van der Waals surface area (Å²) in [5.41, 5.74) is -3.10. The number of carbonyl (C=O) groups excluding carboxylic acids is 2. The lowest BCUT2D eigenvalue weighted by atomic mass is 9.60. The van der Waals surface area contributed by atoms with Crippen molar-refractivity contribution in [2.24, 2.45) is 17.8 Å². The minimum atomic E-state index is -4.74. The van der Waals surface area contributed by atoms with Crippen LogP contribution in [0.1, 0.15) is 37.3 Å². The first-order valence-electron chi connectivity index (χ1n) is 10.5. The van der Waals surface area contributed by atoms with Crippen LogP contribution < -0.4 is 10.2 Å². The summed E-state index contributed by atoms with van der Waals surface area (Å²) >= 11 is 0. The van der Waals surface area contributed by atoms with Gasteiger partial charge in [0.1, 0.15) is 6.23 Å². The smallest absolute Gasteiger partial charge is 0.367 e. The molecule has 1 aromatic carbocycles. The van der Waals surface area contributed by atoms with Crippen molar-refractivity contribution < 1.29 is 32.2 Å². The summed E-state index contributed by atoms with van der Waals surface area (Å²) in [7, 11) is 1.56. The molecule has 7 nitrogen and oxygen atoms in total. The summed E-state index contributed by atoms with van der Waals surface area (Å²) in [6.45, 7) is 2.11. The van der Waals surface area contributed by atoms with E-state index >= 15 is 0 Å². The van der Waals surface area contributed by atoms with E-state index in [1.807, 2.05) is 6.92 Å². The van der Waals surface area contributed by atoms with Gasteiger partial charge in [-0.1, -0.05) is 0 Å². The van der Waals surface area contributed by atoms with Gasteiger partial charge in [0.05, 0.1) is 40.9 Å². The minimum Gasteiger partial charge on any atom is -0.367 e. The van der Waals surface area contributed by atoms with Gasteiger partial charge in [0.25, 0.3) is 0 Å². The second-order valence-corrected chi connectivity index (χ2v) is 9.21. The summed E-state index contributed by atoms with van der Waals surface area (Å²) in [5.74, 6) is -1.53. The van der Waals surface area contributed by atoms with E-state index in [4.69, 9.17) is 14.7 Å². The fourth-order valence-electron chi connectivity index (χ4n) is 6.47. The van der Waals surface area contributed by atoms with Gasteiger partial charge in [-0.15, -0.1) is 0 Å². The third kappa shape index (κ3) is 2.67. The Morgan fingerprint density at radius 1 is 1.41 bits per heavy atom. The highest BCUT2D eigenvalue weighted by atomic mass is 19.4. The molecular formula is C22H22F3N3O4. The first-order chi connectivity index (χ1) is 15.1. The van der Waals surface area contributed by atoms with Crippen LogP contribution in [0.5, 0.6) is 0 Å². The molecule has 0 unspecified atom stereocenters. The lowest BCUT2D eigenvalue weighted by molar-refractivity contribution is -0.153. The molecule has 10 heteroatoms. The number of hydrogen-bond donors (Lipinski definition) is 1. The third-order valence-corrected chi connectivity index (χ3v) is 7.61. The normalized spacial score (nSPS) is 37.4. The quantitative estimate of drug-likeness (QED) is 0.766. The van der Waals surface area contributed by atoms with Gasteiger partial charge in [0, 0.05) is 31.5 Å². The van der Waals surface area contributed by atoms with Gasteiger partial charge in [0.2, 0.25) is 11.8 Å². The zero-order valence-electron chi connectivity index (χ0n) is 17.5. The maximum atomic E-state index is 13.6. The molecule has 0 aliphatic carbocycles. The van der Waals surface area contributed by atoms with E-state index in [9.17, 15) is 22.8 Å². The van der Waals surface area contributed by atoms with Crippen molar-refractivity contribution in [3.05, 3.63) is 29.3 Å². The largest absolute Gasteiger partial charge is 0.417 e. The number of rotatable bonds is 3. The summed E-state index contributed by atoms with van der Waals surface area (Å²) in [5, 5.41) is 11.7. The molecule has 1 N–H and O–H groups in total. The Hall–Kier alpha value is -2.64. The molecule has 4 aliphatic heterocycles. The zero-order chi connectivity index (χ0) is 23.1. The topological polar surface area (TPSA) is 91.7 Å². The predicted molar refractivity (Wildman–Crippen MR) is 104 cm³/mol. The Balaban J connectivity index is 1.57. The number of nitrogens with one attached hydrogen (secondary N) is 1. The van der Waals surface area contributed by atoms with Crippen molar-refractivity contribution in [3.8, 4) is 6.07 Å². The van der Waals surface area contributed by atoms with E-state index in [-0.39, 0.29) is 42.4 Å². The summed E-state index contributed by atoms with van der Waals surface area (Å²) in [6, 6.07) is 4.84. The first-order valence-corrected chi connectivity index (χ1v) is 10.5. The standard InChI is InChI=1S/C22H22F3N3O4/c1-20-9-12(7-15(29)27-2)21(32-20)5-6-31-19-17(21)16(20)18(30)28(19)13-4-3-11(10-26)14(8-13)22(23,24)25/h3-4,8,12,16-17,19H,5-7,9H2,1-2H3,(H,27,29)/t12-,16+,17-,19-,20+,21-/m0/s1. The van der Waals surface area contributed by atoms with Crippen molar-refractivity contribution in [1.82, 2.24) is 5.32 Å². The van der Waals surface area contributed by atoms with E-state index in [1.165, 1.54) is 11.0 Å². The second kappa shape index (κ2) is 6.68. The van der Waals surface area contributed by atoms with Gasteiger partial charge in [-0.25, -0.2) is 0 Å². The minimum absolute atomic E-state index is 0.0450. The van der Waals surface area contributed by atoms with Crippen LogP contribution in [0.4, 0.5) is 18.9 Å². The molecule has 2 bridgehead atoms. The van der Waals surface area contributed by atoms with Crippen LogP contribution in [0, 0.1) is 29.1 Å². The van der Waals surface area contributed by atoms with E-state index < -0.39 is 40.7 Å². The average molecular weight is 449 g/mol. The SMILES string of the molecule is CNC(=O)C[C@H]1C[C@@]2(C)O[C@@]13CCO[C@H]1[C@@H]3[C@@H]2C(=O)N1c1ccc(C#N)c(C(F)(F)F)c1. The van der Waals surface area contributed by atoms with Crippen molar-refractivity contribution in [2.45, 2.75) is 49.8 Å². The van der Waals surface area contributed by atoms with Gasteiger partial charge in [-0.2, -0.15) is 18.4 Å². The highest BCUT2D eigenvalue weighted by molar-refractivity contribution is 6.00. The van der Waals surface area contributed by atoms with E-state index in [0.29, 0.717) is 12.8 Å². The van der Waals surface area contributed by atoms with Crippen LogP contribution in [0.3, 0.4) is 0 Å². The number of anilines is 1. The van der Waals surface area contributed by atoms with Crippen LogP contribution in [0.25, 0.3) is 0 Å². The number of nitriles is 1. The molecule has 4 saturated heterocycles. The van der Waals surface area contributed by atoms with Gasteiger partial charge < -0.3 is 14.8 Å². The molecule has 0 aromatic heterocycles. The maximum Gasteiger partial charge on any atom is 0.417 e. The van der Waals surface area contributed by atoms with E-state index in [1.54, 1.807) is 13.1 Å². The van der Waals surface area contributed by atoms with Crippen molar-refractivity contribution in [3.63, 3.8) is 0 Å². The highest BCUT2D eigenvalue weighted by Gasteiger charge is 2.78. The number of carbonyl (C=O) groups is 2. The molecular weight excluding hydrogens is 427 g/mol. The van der Waals surface area contributed by atoms with Crippen molar-refractivity contribution in [1.29, 1.82) is 5.26 Å². The van der Waals surface area contributed by atoms with Crippen LogP contribution in [0.2, 0.25) is 0 Å². The molecule has 0 radical (unpaired) electrons. The maximum absolute atomic E-state index is 13.6. The molecule has 1 spiro atoms. The van der Waals surface area contributed by atoms with Gasteiger partial charge in [-0.05, 0) is 37.5 Å². The van der Waals surface area contributed by atoms with Crippen LogP contribution >= 0.6 is 0 Å². The summed E-state index contributed by atoms with van der Waals surface area (Å²) < 4.78 is 53.1. The first kappa shape index (κ1) is 21.2. The fourth-order valence-corrected chi connectivity index (χ4v) is 6.47. The molecule has 4 heterocycles. The Bertz CT molecular complexity index is 1050. The van der Waals surface area contributed by atoms with Gasteiger partial charge in [-0.3, -0.25) is 14.5 Å². The summed E-state index contributed by atoms with van der Waals surface area (Å²) in [4.78, 5) is 27.0. The molecule has 4 fully saturated rings. The van der Waals surface area contributed by atoms with E-state index in [0.717, 1.165) is 12.1 Å². The number of alkyl halides is 3. The third-order valence-electron chi connectivity index (χ3n) is 7.61. The number of halogens is 3. The fraction of sp³-hybridized carbons (Fsp3) is 0.591. The lowest BCUT2D eigenvalue weighted by Crippen LogP contribution is -2.55. The average Bonchev–Trinajstić information content (AvgIpc) is 3.30. The van der Waals surface area contributed by atoms with E-state index in [2.05, 4.69) is 5.32 Å². The van der Waals surface area contributed by atoms with Crippen molar-refractivity contribution in [2.75, 3.05) is 18.6 Å². The molecule has 5 rings (SSSR count). The zero-order valence-corrected chi connectivity index (χ0v) is 17.5. The van der Waals surface area contributed by atoms with Crippen LogP contribution in [-0.2, 0) is 25.2 Å². The second-order valence-electron chi connectivity index (χ2n) is 9.21. The molecule has 0 saturated carbocycles. The monoisotopic (exact) mass is 449 g/mol. The van der Waals surface area contributed by atoms with Crippen LogP contribution in [0.15, 0.2) is 18.2 Å². The molecule has 170 valence electrons. The number of nitrogens with zero attached hydrogens (tertiary/aromatic N) is 2.